The highest BCUT2D eigenvalue weighted by atomic mass is 16.5. The zero-order valence-corrected chi connectivity index (χ0v) is 8.50. The molecule has 13 heavy (non-hydrogen) atoms. The fourth-order valence-electron chi connectivity index (χ4n) is 2.03. The predicted octanol–water partition coefficient (Wildman–Crippen LogP) is 2.54. The van der Waals surface area contributed by atoms with Crippen LogP contribution in [0.1, 0.15) is 51.2 Å². The lowest BCUT2D eigenvalue weighted by Gasteiger charge is -2.40. The van der Waals surface area contributed by atoms with Gasteiger partial charge in [-0.2, -0.15) is 4.98 Å². The molecular formula is C10H16N2O. The molecule has 1 aliphatic rings. The van der Waals surface area contributed by atoms with Gasteiger partial charge in [-0.15, -0.1) is 0 Å². The first kappa shape index (κ1) is 8.73. The lowest BCUT2D eigenvalue weighted by Crippen LogP contribution is -2.29. The summed E-state index contributed by atoms with van der Waals surface area (Å²) in [5.74, 6) is 2.19. The second-order valence-electron chi connectivity index (χ2n) is 4.67. The Bertz CT molecular complexity index is 296. The Hall–Kier alpha value is -0.860. The molecule has 0 amide bonds. The van der Waals surface area contributed by atoms with E-state index < -0.39 is 0 Å². The van der Waals surface area contributed by atoms with Crippen molar-refractivity contribution in [2.75, 3.05) is 0 Å². The maximum absolute atomic E-state index is 5.19. The minimum Gasteiger partial charge on any atom is -0.339 e. The average Bonchev–Trinajstić information content (AvgIpc) is 2.47. The van der Waals surface area contributed by atoms with Gasteiger partial charge in [-0.25, -0.2) is 0 Å². The van der Waals surface area contributed by atoms with Gasteiger partial charge in [-0.3, -0.25) is 0 Å². The van der Waals surface area contributed by atoms with Gasteiger partial charge in [0.1, 0.15) is 0 Å². The number of nitrogens with zero attached hydrogens (tertiary/aromatic N) is 2. The molecule has 0 saturated heterocycles. The Kier molecular flexibility index (Phi) is 1.90. The molecule has 0 unspecified atom stereocenters. The van der Waals surface area contributed by atoms with Gasteiger partial charge in [0.2, 0.25) is 5.89 Å². The summed E-state index contributed by atoms with van der Waals surface area (Å²) >= 11 is 0. The van der Waals surface area contributed by atoms with Gasteiger partial charge < -0.3 is 4.52 Å². The van der Waals surface area contributed by atoms with Crippen molar-refractivity contribution in [1.29, 1.82) is 0 Å². The summed E-state index contributed by atoms with van der Waals surface area (Å²) in [7, 11) is 0. The van der Waals surface area contributed by atoms with Gasteiger partial charge in [-0.1, -0.05) is 25.9 Å². The van der Waals surface area contributed by atoms with E-state index in [2.05, 4.69) is 24.0 Å². The topological polar surface area (TPSA) is 38.9 Å². The fourth-order valence-corrected chi connectivity index (χ4v) is 2.03. The molecule has 1 aromatic rings. The Morgan fingerprint density at radius 2 is 2.15 bits per heavy atom. The summed E-state index contributed by atoms with van der Waals surface area (Å²) in [6, 6.07) is 0. The van der Waals surface area contributed by atoms with Gasteiger partial charge in [0, 0.05) is 12.3 Å². The second kappa shape index (κ2) is 2.82. The number of aryl methyl sites for hydroxylation is 1. The SMILES string of the molecule is CCc1noc(C2CC(C)(C)C2)n1. The number of rotatable bonds is 2. The van der Waals surface area contributed by atoms with E-state index >= 15 is 0 Å². The van der Waals surface area contributed by atoms with Crippen LogP contribution in [0.3, 0.4) is 0 Å². The van der Waals surface area contributed by atoms with E-state index in [4.69, 9.17) is 4.52 Å². The monoisotopic (exact) mass is 180 g/mol. The first-order valence-corrected chi connectivity index (χ1v) is 4.93. The first-order valence-electron chi connectivity index (χ1n) is 4.93. The highest BCUT2D eigenvalue weighted by Gasteiger charge is 2.39. The van der Waals surface area contributed by atoms with E-state index in [0.29, 0.717) is 11.3 Å². The highest BCUT2D eigenvalue weighted by molar-refractivity contribution is 5.04. The quantitative estimate of drug-likeness (QED) is 0.702. The van der Waals surface area contributed by atoms with Crippen LogP contribution in [0.25, 0.3) is 0 Å². The molecule has 0 N–H and O–H groups in total. The minimum absolute atomic E-state index is 0.478. The molecule has 1 aliphatic carbocycles. The van der Waals surface area contributed by atoms with E-state index in [1.165, 1.54) is 12.8 Å². The fraction of sp³-hybridized carbons (Fsp3) is 0.800. The summed E-state index contributed by atoms with van der Waals surface area (Å²) in [4.78, 5) is 4.34. The number of aromatic nitrogens is 2. The summed E-state index contributed by atoms with van der Waals surface area (Å²) in [6.07, 6.45) is 3.22. The Balaban J connectivity index is 2.03. The predicted molar refractivity (Wildman–Crippen MR) is 49.4 cm³/mol. The third-order valence-electron chi connectivity index (χ3n) is 2.75. The zero-order chi connectivity index (χ0) is 9.47. The van der Waals surface area contributed by atoms with Crippen molar-refractivity contribution in [3.8, 4) is 0 Å². The van der Waals surface area contributed by atoms with Crippen LogP contribution < -0.4 is 0 Å². The maximum Gasteiger partial charge on any atom is 0.229 e. The molecule has 0 bridgehead atoms. The summed E-state index contributed by atoms with van der Waals surface area (Å²) < 4.78 is 5.19. The van der Waals surface area contributed by atoms with Gasteiger partial charge in [0.15, 0.2) is 5.82 Å². The molecule has 1 heterocycles. The largest absolute Gasteiger partial charge is 0.339 e. The lowest BCUT2D eigenvalue weighted by molar-refractivity contribution is 0.124. The maximum atomic E-state index is 5.19. The second-order valence-corrected chi connectivity index (χ2v) is 4.67. The molecule has 1 saturated carbocycles. The number of hydrogen-bond donors (Lipinski definition) is 0. The van der Waals surface area contributed by atoms with E-state index in [1.54, 1.807) is 0 Å². The van der Waals surface area contributed by atoms with Gasteiger partial charge in [0.05, 0.1) is 0 Å². The minimum atomic E-state index is 0.478. The summed E-state index contributed by atoms with van der Waals surface area (Å²) in [5, 5.41) is 3.90. The van der Waals surface area contributed by atoms with Crippen LogP contribution in [0.4, 0.5) is 0 Å². The molecule has 0 spiro atoms. The van der Waals surface area contributed by atoms with Crippen molar-refractivity contribution in [2.45, 2.75) is 46.0 Å². The summed E-state index contributed by atoms with van der Waals surface area (Å²) in [5.41, 5.74) is 0.478. The Morgan fingerprint density at radius 3 is 2.62 bits per heavy atom. The van der Waals surface area contributed by atoms with E-state index in [1.807, 2.05) is 6.92 Å². The standard InChI is InChI=1S/C10H16N2O/c1-4-8-11-9(13-12-8)7-5-10(2,3)6-7/h7H,4-6H2,1-3H3. The number of hydrogen-bond acceptors (Lipinski definition) is 3. The van der Waals surface area contributed by atoms with Crippen LogP contribution in [-0.2, 0) is 6.42 Å². The molecule has 0 aromatic carbocycles. The smallest absolute Gasteiger partial charge is 0.229 e. The Morgan fingerprint density at radius 1 is 1.46 bits per heavy atom. The molecule has 3 heteroatoms. The third-order valence-corrected chi connectivity index (χ3v) is 2.75. The molecule has 3 nitrogen and oxygen atoms in total. The molecule has 72 valence electrons. The van der Waals surface area contributed by atoms with Crippen LogP contribution in [0.5, 0.6) is 0 Å². The van der Waals surface area contributed by atoms with Gasteiger partial charge >= 0.3 is 0 Å². The normalized spacial score (nSPS) is 21.5. The van der Waals surface area contributed by atoms with Gasteiger partial charge in [-0.05, 0) is 18.3 Å². The molecule has 1 fully saturated rings. The van der Waals surface area contributed by atoms with Crippen molar-refractivity contribution >= 4 is 0 Å². The summed E-state index contributed by atoms with van der Waals surface area (Å²) in [6.45, 7) is 6.60. The van der Waals surface area contributed by atoms with Crippen molar-refractivity contribution in [3.05, 3.63) is 11.7 Å². The van der Waals surface area contributed by atoms with Crippen molar-refractivity contribution in [2.24, 2.45) is 5.41 Å². The van der Waals surface area contributed by atoms with Crippen LogP contribution in [-0.4, -0.2) is 10.1 Å². The molecule has 2 rings (SSSR count). The first-order chi connectivity index (χ1) is 6.11. The highest BCUT2D eigenvalue weighted by Crippen LogP contribution is 2.49. The molecule has 0 aliphatic heterocycles. The third kappa shape index (κ3) is 1.60. The van der Waals surface area contributed by atoms with Crippen molar-refractivity contribution in [1.82, 2.24) is 10.1 Å². The molecule has 1 aromatic heterocycles. The van der Waals surface area contributed by atoms with Crippen molar-refractivity contribution in [3.63, 3.8) is 0 Å². The van der Waals surface area contributed by atoms with E-state index in [9.17, 15) is 0 Å². The molecular weight excluding hydrogens is 164 g/mol. The van der Waals surface area contributed by atoms with Gasteiger partial charge in [0.25, 0.3) is 0 Å². The van der Waals surface area contributed by atoms with Crippen LogP contribution in [0.2, 0.25) is 0 Å². The van der Waals surface area contributed by atoms with Crippen LogP contribution >= 0.6 is 0 Å². The average molecular weight is 180 g/mol. The van der Waals surface area contributed by atoms with Crippen molar-refractivity contribution < 1.29 is 4.52 Å². The lowest BCUT2D eigenvalue weighted by atomic mass is 9.64. The van der Waals surface area contributed by atoms with E-state index in [-0.39, 0.29) is 0 Å². The van der Waals surface area contributed by atoms with Crippen LogP contribution in [0.15, 0.2) is 4.52 Å². The molecule has 0 radical (unpaired) electrons. The Labute approximate surface area is 78.5 Å². The van der Waals surface area contributed by atoms with Crippen LogP contribution in [0, 0.1) is 5.41 Å². The zero-order valence-electron chi connectivity index (χ0n) is 8.50. The molecule has 0 atom stereocenters. The van der Waals surface area contributed by atoms with E-state index in [0.717, 1.165) is 18.1 Å².